The third kappa shape index (κ3) is 3.31. The monoisotopic (exact) mass is 341 g/mol. The summed E-state index contributed by atoms with van der Waals surface area (Å²) in [6, 6.07) is 3.95. The van der Waals surface area contributed by atoms with E-state index in [4.69, 9.17) is 0 Å². The van der Waals surface area contributed by atoms with Crippen molar-refractivity contribution < 1.29 is 9.59 Å². The fourth-order valence-electron chi connectivity index (χ4n) is 3.84. The Morgan fingerprint density at radius 2 is 2.16 bits per heavy atom. The molecule has 1 unspecified atom stereocenters. The first-order valence-corrected chi connectivity index (χ1v) is 9.00. The molecule has 1 aliphatic heterocycles. The molecule has 0 bridgehead atoms. The maximum absolute atomic E-state index is 12.5. The number of aromatic nitrogens is 3. The quantitative estimate of drug-likeness (QED) is 0.794. The molecule has 7 heteroatoms. The highest BCUT2D eigenvalue weighted by atomic mass is 16.2. The van der Waals surface area contributed by atoms with E-state index in [1.165, 1.54) is 19.3 Å². The van der Waals surface area contributed by atoms with Crippen molar-refractivity contribution in [1.29, 1.82) is 0 Å². The van der Waals surface area contributed by atoms with Gasteiger partial charge in [-0.15, -0.1) is 0 Å². The number of hydrogen-bond acceptors (Lipinski definition) is 3. The lowest BCUT2D eigenvalue weighted by Crippen LogP contribution is -2.42. The van der Waals surface area contributed by atoms with E-state index in [-0.39, 0.29) is 17.9 Å². The minimum absolute atomic E-state index is 0.0621. The smallest absolute Gasteiger partial charge is 0.268 e. The first-order valence-electron chi connectivity index (χ1n) is 9.00. The lowest BCUT2D eigenvalue weighted by Gasteiger charge is -2.28. The van der Waals surface area contributed by atoms with Crippen LogP contribution in [0.1, 0.15) is 55.1 Å². The molecule has 3 N–H and O–H groups in total. The lowest BCUT2D eigenvalue weighted by molar-refractivity contribution is -0.122. The molecule has 3 heterocycles. The van der Waals surface area contributed by atoms with Crippen LogP contribution in [-0.4, -0.2) is 39.2 Å². The molecule has 2 aromatic rings. The van der Waals surface area contributed by atoms with Gasteiger partial charge in [0, 0.05) is 37.0 Å². The Labute approximate surface area is 146 Å². The van der Waals surface area contributed by atoms with Crippen molar-refractivity contribution in [3.05, 3.63) is 30.2 Å². The van der Waals surface area contributed by atoms with Gasteiger partial charge in [0.15, 0.2) is 0 Å². The molecule has 7 nitrogen and oxygen atoms in total. The molecule has 0 aromatic carbocycles. The average molecular weight is 341 g/mol. The summed E-state index contributed by atoms with van der Waals surface area (Å²) < 4.78 is 1.93. The number of fused-ring (bicyclic) bond motifs is 1. The zero-order valence-electron chi connectivity index (χ0n) is 14.1. The highest BCUT2D eigenvalue weighted by Crippen LogP contribution is 2.27. The molecule has 1 saturated carbocycles. The van der Waals surface area contributed by atoms with Crippen molar-refractivity contribution in [2.75, 3.05) is 6.54 Å². The van der Waals surface area contributed by atoms with Crippen molar-refractivity contribution >= 4 is 11.8 Å². The van der Waals surface area contributed by atoms with Crippen LogP contribution in [0, 0.1) is 0 Å². The topological polar surface area (TPSA) is 91.8 Å². The van der Waals surface area contributed by atoms with E-state index < -0.39 is 0 Å². The van der Waals surface area contributed by atoms with Crippen LogP contribution in [0.15, 0.2) is 24.5 Å². The van der Waals surface area contributed by atoms with Crippen LogP contribution in [0.4, 0.5) is 0 Å². The number of nitrogens with one attached hydrogen (secondary N) is 3. The Bertz CT molecular complexity index is 759. The molecule has 1 fully saturated rings. The van der Waals surface area contributed by atoms with Crippen LogP contribution < -0.4 is 10.6 Å². The molecule has 4 rings (SSSR count). The SMILES string of the molecule is O=C(CC1CNC(=O)c2cc(-c3ccn[nH]3)cn21)NC1CCCCC1. The van der Waals surface area contributed by atoms with E-state index >= 15 is 0 Å². The van der Waals surface area contributed by atoms with Crippen LogP contribution >= 0.6 is 0 Å². The second kappa shape index (κ2) is 6.74. The van der Waals surface area contributed by atoms with Gasteiger partial charge in [0.05, 0.1) is 11.7 Å². The molecule has 0 saturated heterocycles. The third-order valence-corrected chi connectivity index (χ3v) is 5.18. The predicted molar refractivity (Wildman–Crippen MR) is 93.0 cm³/mol. The molecule has 2 aliphatic rings. The second-order valence-electron chi connectivity index (χ2n) is 6.96. The summed E-state index contributed by atoms with van der Waals surface area (Å²) in [5.41, 5.74) is 2.36. The lowest BCUT2D eigenvalue weighted by atomic mass is 9.95. The van der Waals surface area contributed by atoms with Gasteiger partial charge >= 0.3 is 0 Å². The van der Waals surface area contributed by atoms with E-state index in [2.05, 4.69) is 20.8 Å². The molecule has 0 spiro atoms. The number of amides is 2. The average Bonchev–Trinajstić information content (AvgIpc) is 3.27. The van der Waals surface area contributed by atoms with Crippen molar-refractivity contribution in [2.45, 2.75) is 50.6 Å². The van der Waals surface area contributed by atoms with Gasteiger partial charge in [0.1, 0.15) is 5.69 Å². The summed E-state index contributed by atoms with van der Waals surface area (Å²) in [5.74, 6) is -0.0366. The van der Waals surface area contributed by atoms with E-state index in [1.54, 1.807) is 6.20 Å². The van der Waals surface area contributed by atoms with Crippen LogP contribution in [0.25, 0.3) is 11.3 Å². The number of carbonyl (C=O) groups is 2. The fourth-order valence-corrected chi connectivity index (χ4v) is 3.84. The van der Waals surface area contributed by atoms with Gasteiger partial charge in [-0.05, 0) is 25.0 Å². The number of aromatic amines is 1. The molecule has 0 radical (unpaired) electrons. The minimum Gasteiger partial charge on any atom is -0.353 e. The Balaban J connectivity index is 1.49. The number of rotatable bonds is 4. The first-order chi connectivity index (χ1) is 12.2. The minimum atomic E-state index is -0.102. The largest absolute Gasteiger partial charge is 0.353 e. The molecule has 132 valence electrons. The third-order valence-electron chi connectivity index (χ3n) is 5.18. The molecule has 2 aromatic heterocycles. The zero-order valence-corrected chi connectivity index (χ0v) is 14.1. The Morgan fingerprint density at radius 3 is 2.92 bits per heavy atom. The summed E-state index contributed by atoms with van der Waals surface area (Å²) in [6.07, 6.45) is 9.80. The van der Waals surface area contributed by atoms with E-state index in [1.807, 2.05) is 22.9 Å². The van der Waals surface area contributed by atoms with Gasteiger partial charge in [-0.2, -0.15) is 5.10 Å². The Kier molecular flexibility index (Phi) is 4.29. The summed E-state index contributed by atoms with van der Waals surface area (Å²) in [5, 5.41) is 12.9. The van der Waals surface area contributed by atoms with Crippen molar-refractivity contribution in [3.8, 4) is 11.3 Å². The van der Waals surface area contributed by atoms with Gasteiger partial charge in [0.25, 0.3) is 5.91 Å². The summed E-state index contributed by atoms with van der Waals surface area (Å²) in [4.78, 5) is 24.6. The van der Waals surface area contributed by atoms with Crippen molar-refractivity contribution in [1.82, 2.24) is 25.4 Å². The van der Waals surface area contributed by atoms with Crippen LogP contribution in [-0.2, 0) is 4.79 Å². The van der Waals surface area contributed by atoms with Gasteiger partial charge < -0.3 is 15.2 Å². The van der Waals surface area contributed by atoms with E-state index in [9.17, 15) is 9.59 Å². The normalized spacial score (nSPS) is 20.8. The molecular weight excluding hydrogens is 318 g/mol. The van der Waals surface area contributed by atoms with Crippen LogP contribution in [0.2, 0.25) is 0 Å². The highest BCUT2D eigenvalue weighted by molar-refractivity contribution is 5.95. The fraction of sp³-hybridized carbons (Fsp3) is 0.500. The standard InChI is InChI=1S/C18H23N5O2/c24-17(21-13-4-2-1-3-5-13)9-14-10-19-18(25)16-8-12(11-23(14)16)15-6-7-20-22-15/h6-8,11,13-14H,1-5,9-10H2,(H,19,25)(H,20,22)(H,21,24). The van der Waals surface area contributed by atoms with Gasteiger partial charge in [-0.1, -0.05) is 19.3 Å². The maximum atomic E-state index is 12.5. The number of H-pyrrole nitrogens is 1. The number of hydrogen-bond donors (Lipinski definition) is 3. The van der Waals surface area contributed by atoms with Gasteiger partial charge in [0.2, 0.25) is 5.91 Å². The molecule has 25 heavy (non-hydrogen) atoms. The van der Waals surface area contributed by atoms with Crippen LogP contribution in [0.3, 0.4) is 0 Å². The molecular formula is C18H23N5O2. The number of nitrogens with zero attached hydrogens (tertiary/aromatic N) is 2. The van der Waals surface area contributed by atoms with E-state index in [0.29, 0.717) is 24.7 Å². The first kappa shape index (κ1) is 15.9. The zero-order chi connectivity index (χ0) is 17.2. The maximum Gasteiger partial charge on any atom is 0.268 e. The van der Waals surface area contributed by atoms with Crippen molar-refractivity contribution in [3.63, 3.8) is 0 Å². The van der Waals surface area contributed by atoms with E-state index in [0.717, 1.165) is 24.1 Å². The highest BCUT2D eigenvalue weighted by Gasteiger charge is 2.28. The molecule has 1 aliphatic carbocycles. The number of carbonyl (C=O) groups excluding carboxylic acids is 2. The molecule has 2 amide bonds. The Hall–Kier alpha value is -2.57. The summed E-state index contributed by atoms with van der Waals surface area (Å²) >= 11 is 0. The van der Waals surface area contributed by atoms with Crippen molar-refractivity contribution in [2.24, 2.45) is 0 Å². The second-order valence-corrected chi connectivity index (χ2v) is 6.96. The van der Waals surface area contributed by atoms with Gasteiger partial charge in [-0.25, -0.2) is 0 Å². The van der Waals surface area contributed by atoms with Gasteiger partial charge in [-0.3, -0.25) is 14.7 Å². The summed E-state index contributed by atoms with van der Waals surface area (Å²) in [6.45, 7) is 0.473. The Morgan fingerprint density at radius 1 is 1.32 bits per heavy atom. The predicted octanol–water partition coefficient (Wildman–Crippen LogP) is 2.00. The molecule has 1 atom stereocenters. The summed E-state index contributed by atoms with van der Waals surface area (Å²) in [7, 11) is 0. The van der Waals surface area contributed by atoms with Crippen LogP contribution in [0.5, 0.6) is 0 Å².